The average molecular weight is 576 g/mol. The number of nitrogens with one attached hydrogen (secondary N) is 1. The molecule has 2 N–H and O–H groups in total. The zero-order valence-electron chi connectivity index (χ0n) is 21.7. The number of rotatable bonds is 9. The maximum atomic E-state index is 12.3. The maximum Gasteiger partial charge on any atom is 0.320 e. The summed E-state index contributed by atoms with van der Waals surface area (Å²) in [6.07, 6.45) is 3.77. The van der Waals surface area contributed by atoms with Crippen molar-refractivity contribution >= 4 is 42.5 Å². The van der Waals surface area contributed by atoms with E-state index < -0.39 is 12.0 Å². The molecule has 3 heterocycles. The number of methoxy groups -OCH3 is 1. The molecular formula is C30H36Cl2N2O3S. The van der Waals surface area contributed by atoms with Gasteiger partial charge < -0.3 is 15.2 Å². The summed E-state index contributed by atoms with van der Waals surface area (Å²) in [6.45, 7) is 1.49. The van der Waals surface area contributed by atoms with Crippen LogP contribution in [-0.2, 0) is 11.3 Å². The fraction of sp³-hybridized carbons (Fsp3) is 0.367. The number of benzene rings is 3. The van der Waals surface area contributed by atoms with Crippen LogP contribution in [0.4, 0.5) is 0 Å². The Labute approximate surface area is 242 Å². The highest BCUT2D eigenvalue weighted by atomic mass is 35.5. The van der Waals surface area contributed by atoms with Crippen LogP contribution >= 0.6 is 36.6 Å². The normalized spacial score (nSPS) is 23.8. The molecule has 2 bridgehead atoms. The number of aliphatic carboxylic acids is 1. The third-order valence-corrected chi connectivity index (χ3v) is 8.63. The molecule has 0 spiro atoms. The quantitative estimate of drug-likeness (QED) is 0.301. The Hall–Kier alpha value is -2.22. The number of carbonyl (C=O) groups is 1. The predicted octanol–water partition coefficient (Wildman–Crippen LogP) is 6.10. The zero-order valence-corrected chi connectivity index (χ0v) is 24.1. The van der Waals surface area contributed by atoms with Gasteiger partial charge in [-0.05, 0) is 60.9 Å². The van der Waals surface area contributed by atoms with Crippen molar-refractivity contribution in [2.75, 3.05) is 19.9 Å². The van der Waals surface area contributed by atoms with Crippen LogP contribution in [0, 0.1) is 5.92 Å². The summed E-state index contributed by atoms with van der Waals surface area (Å²) in [5.74, 6) is 0.529. The molecule has 0 aromatic heterocycles. The molecule has 5 nitrogen and oxygen atoms in total. The van der Waals surface area contributed by atoms with Gasteiger partial charge in [0.25, 0.3) is 0 Å². The van der Waals surface area contributed by atoms with Crippen LogP contribution in [0.3, 0.4) is 0 Å². The summed E-state index contributed by atoms with van der Waals surface area (Å²) in [6, 6.07) is 27.2. The Kier molecular flexibility index (Phi) is 10.9. The number of nitrogens with zero attached hydrogens (tertiary/aromatic N) is 1. The molecule has 5 atom stereocenters. The van der Waals surface area contributed by atoms with Crippen molar-refractivity contribution in [2.45, 2.75) is 48.3 Å². The highest BCUT2D eigenvalue weighted by Gasteiger charge is 2.52. The summed E-state index contributed by atoms with van der Waals surface area (Å²) < 4.78 is 5.67. The molecule has 38 heavy (non-hydrogen) atoms. The van der Waals surface area contributed by atoms with Crippen LogP contribution in [0.25, 0.3) is 0 Å². The molecule has 8 heteroatoms. The highest BCUT2D eigenvalue weighted by Crippen LogP contribution is 2.44. The van der Waals surface area contributed by atoms with E-state index in [1.54, 1.807) is 18.9 Å². The smallest absolute Gasteiger partial charge is 0.320 e. The lowest BCUT2D eigenvalue weighted by Gasteiger charge is -2.56. The van der Waals surface area contributed by atoms with Gasteiger partial charge in [-0.15, -0.1) is 36.6 Å². The molecule has 3 aliphatic rings. The lowest BCUT2D eigenvalue weighted by Crippen LogP contribution is -2.69. The molecule has 1 unspecified atom stereocenters. The van der Waals surface area contributed by atoms with E-state index in [1.807, 2.05) is 18.2 Å². The van der Waals surface area contributed by atoms with Gasteiger partial charge in [0.15, 0.2) is 0 Å². The van der Waals surface area contributed by atoms with Crippen LogP contribution in [0.2, 0.25) is 0 Å². The van der Waals surface area contributed by atoms with Crippen LogP contribution in [0.5, 0.6) is 5.75 Å². The number of hydrogen-bond acceptors (Lipinski definition) is 5. The number of halogens is 2. The first kappa shape index (κ1) is 30.3. The first-order valence-electron chi connectivity index (χ1n) is 12.6. The van der Waals surface area contributed by atoms with Crippen molar-refractivity contribution < 1.29 is 14.6 Å². The highest BCUT2D eigenvalue weighted by molar-refractivity contribution is 7.98. The first-order chi connectivity index (χ1) is 17.6. The Morgan fingerprint density at radius 2 is 1.68 bits per heavy atom. The minimum absolute atomic E-state index is 0. The van der Waals surface area contributed by atoms with Crippen molar-refractivity contribution in [3.8, 4) is 5.75 Å². The van der Waals surface area contributed by atoms with Crippen molar-refractivity contribution in [3.05, 3.63) is 95.6 Å². The van der Waals surface area contributed by atoms with Crippen molar-refractivity contribution in [3.63, 3.8) is 0 Å². The van der Waals surface area contributed by atoms with E-state index in [0.29, 0.717) is 18.9 Å². The molecule has 0 radical (unpaired) electrons. The third kappa shape index (κ3) is 6.16. The molecule has 0 aliphatic carbocycles. The molecule has 6 rings (SSSR count). The second kappa shape index (κ2) is 13.7. The molecule has 3 aromatic rings. The number of carboxylic acid groups (broad SMARTS) is 1. The fourth-order valence-corrected chi connectivity index (χ4v) is 6.73. The van der Waals surface area contributed by atoms with E-state index in [0.717, 1.165) is 24.3 Å². The van der Waals surface area contributed by atoms with Crippen molar-refractivity contribution in [2.24, 2.45) is 5.92 Å². The topological polar surface area (TPSA) is 61.8 Å². The zero-order chi connectivity index (χ0) is 25.1. The minimum atomic E-state index is -0.711. The van der Waals surface area contributed by atoms with Gasteiger partial charge in [0.2, 0.25) is 0 Å². The summed E-state index contributed by atoms with van der Waals surface area (Å²) >= 11 is 1.72. The second-order valence-corrected chi connectivity index (χ2v) is 10.6. The molecule has 0 amide bonds. The number of piperidine rings is 3. The SMILES string of the molecule is COc1ccc(SC)cc1CN[C@@H]1[C@@H]2CCN([C@@H](C(=O)O)C2)[C@H]1C(c1ccccc1)c1ccccc1.Cl.Cl. The summed E-state index contributed by atoms with van der Waals surface area (Å²) in [4.78, 5) is 15.8. The van der Waals surface area contributed by atoms with E-state index in [4.69, 9.17) is 4.74 Å². The number of thioether (sulfide) groups is 1. The van der Waals surface area contributed by atoms with Crippen LogP contribution in [0.1, 0.15) is 35.4 Å². The molecule has 0 saturated carbocycles. The summed E-state index contributed by atoms with van der Waals surface area (Å²) in [5.41, 5.74) is 3.57. The summed E-state index contributed by atoms with van der Waals surface area (Å²) in [5, 5.41) is 14.0. The van der Waals surface area contributed by atoms with Gasteiger partial charge in [-0.1, -0.05) is 60.7 Å². The molecule has 3 aliphatic heterocycles. The van der Waals surface area contributed by atoms with Crippen LogP contribution in [-0.4, -0.2) is 54.0 Å². The summed E-state index contributed by atoms with van der Waals surface area (Å²) in [7, 11) is 1.72. The number of fused-ring (bicyclic) bond motifs is 3. The standard InChI is InChI=1S/C30H34N2O3S.2ClH/c1-35-26-14-13-24(36-2)17-23(26)19-31-28-22-15-16-32(25(18-22)30(33)34)29(28)27(20-9-5-3-6-10-20)21-11-7-4-8-12-21;;/h3-14,17,22,25,27-29,31H,15-16,18-19H2,1-2H3,(H,33,34);2*1H/t22-,25-,28-,29+;;/m1../s1. The average Bonchev–Trinajstić information content (AvgIpc) is 2.93. The van der Waals surface area contributed by atoms with Gasteiger partial charge >= 0.3 is 5.97 Å². The van der Waals surface area contributed by atoms with Crippen molar-refractivity contribution in [1.82, 2.24) is 10.2 Å². The van der Waals surface area contributed by atoms with Gasteiger partial charge in [-0.25, -0.2) is 0 Å². The second-order valence-electron chi connectivity index (χ2n) is 9.75. The molecular weight excluding hydrogens is 539 g/mol. The molecule has 204 valence electrons. The van der Waals surface area contributed by atoms with Crippen LogP contribution < -0.4 is 10.1 Å². The van der Waals surface area contributed by atoms with Gasteiger partial charge in [0, 0.05) is 35.0 Å². The number of carboxylic acids is 1. The fourth-order valence-electron chi connectivity index (χ4n) is 6.26. The van der Waals surface area contributed by atoms with Gasteiger partial charge in [0.05, 0.1) is 7.11 Å². The van der Waals surface area contributed by atoms with Gasteiger partial charge in [-0.3, -0.25) is 9.69 Å². The molecule has 3 saturated heterocycles. The van der Waals surface area contributed by atoms with Gasteiger partial charge in [0.1, 0.15) is 11.8 Å². The number of ether oxygens (including phenoxy) is 1. The Morgan fingerprint density at radius 3 is 2.24 bits per heavy atom. The third-order valence-electron chi connectivity index (χ3n) is 7.90. The Morgan fingerprint density at radius 1 is 1.05 bits per heavy atom. The van der Waals surface area contributed by atoms with E-state index in [-0.39, 0.29) is 42.8 Å². The lowest BCUT2D eigenvalue weighted by atomic mass is 9.68. The van der Waals surface area contributed by atoms with Crippen molar-refractivity contribution in [1.29, 1.82) is 0 Å². The Balaban J connectivity index is 0.00000200. The predicted molar refractivity (Wildman–Crippen MR) is 159 cm³/mol. The van der Waals surface area contributed by atoms with Crippen LogP contribution in [0.15, 0.2) is 83.8 Å². The Bertz CT molecular complexity index is 1150. The minimum Gasteiger partial charge on any atom is -0.496 e. The monoisotopic (exact) mass is 574 g/mol. The largest absolute Gasteiger partial charge is 0.496 e. The van der Waals surface area contributed by atoms with E-state index in [2.05, 4.69) is 77.1 Å². The van der Waals surface area contributed by atoms with E-state index in [9.17, 15) is 9.90 Å². The first-order valence-corrected chi connectivity index (χ1v) is 13.9. The molecule has 3 aromatic carbocycles. The van der Waals surface area contributed by atoms with E-state index >= 15 is 0 Å². The number of hydrogen-bond donors (Lipinski definition) is 2. The van der Waals surface area contributed by atoms with E-state index in [1.165, 1.54) is 16.0 Å². The lowest BCUT2D eigenvalue weighted by molar-refractivity contribution is -0.152. The maximum absolute atomic E-state index is 12.3. The van der Waals surface area contributed by atoms with Gasteiger partial charge in [-0.2, -0.15) is 0 Å². The molecule has 3 fully saturated rings.